The van der Waals surface area contributed by atoms with Crippen LogP contribution in [0.3, 0.4) is 0 Å². The molecular weight excluding hydrogens is 429 g/mol. The topological polar surface area (TPSA) is 43.3 Å². The third kappa shape index (κ3) is 5.72. The van der Waals surface area contributed by atoms with Crippen LogP contribution in [0.5, 0.6) is 0 Å². The predicted octanol–water partition coefficient (Wildman–Crippen LogP) is 1.33. The zero-order valence-corrected chi connectivity index (χ0v) is 17.6. The van der Waals surface area contributed by atoms with Crippen LogP contribution in [-0.4, -0.2) is 88.4 Å². The Hall–Kier alpha value is -1.06. The van der Waals surface area contributed by atoms with Crippen molar-refractivity contribution in [3.63, 3.8) is 0 Å². The van der Waals surface area contributed by atoms with E-state index < -0.39 is 0 Å². The molecule has 2 heterocycles. The van der Waals surface area contributed by atoms with Gasteiger partial charge in [-0.1, -0.05) is 18.2 Å². The van der Waals surface area contributed by atoms with E-state index in [1.807, 2.05) is 7.05 Å². The maximum absolute atomic E-state index is 5.82. The van der Waals surface area contributed by atoms with Crippen molar-refractivity contribution in [3.05, 3.63) is 30.3 Å². The van der Waals surface area contributed by atoms with Gasteiger partial charge in [0.25, 0.3) is 0 Å². The maximum Gasteiger partial charge on any atom is 0.193 e. The predicted molar refractivity (Wildman–Crippen MR) is 114 cm³/mol. The zero-order chi connectivity index (χ0) is 16.8. The SMILES string of the molecule is CN=C(NCC1CN(C)CCO1)N1CCN(c2ccccc2)CC1.I. The highest BCUT2D eigenvalue weighted by atomic mass is 127. The Labute approximate surface area is 168 Å². The number of likely N-dealkylation sites (N-methyl/N-ethyl adjacent to an activating group) is 1. The van der Waals surface area contributed by atoms with Gasteiger partial charge in [-0.15, -0.1) is 24.0 Å². The molecule has 1 unspecified atom stereocenters. The molecule has 2 fully saturated rings. The summed E-state index contributed by atoms with van der Waals surface area (Å²) in [7, 11) is 4.01. The van der Waals surface area contributed by atoms with Crippen LogP contribution < -0.4 is 10.2 Å². The van der Waals surface area contributed by atoms with Gasteiger partial charge in [-0.2, -0.15) is 0 Å². The molecule has 0 radical (unpaired) electrons. The van der Waals surface area contributed by atoms with Gasteiger partial charge in [0.2, 0.25) is 0 Å². The van der Waals surface area contributed by atoms with Crippen molar-refractivity contribution >= 4 is 35.6 Å². The molecule has 2 saturated heterocycles. The normalized spacial score (nSPS) is 22.5. The number of piperazine rings is 1. The van der Waals surface area contributed by atoms with Gasteiger partial charge in [0.05, 0.1) is 12.7 Å². The molecule has 7 heteroatoms. The lowest BCUT2D eigenvalue weighted by molar-refractivity contribution is -0.0163. The first-order valence-electron chi connectivity index (χ1n) is 8.82. The number of guanidine groups is 1. The van der Waals surface area contributed by atoms with Crippen molar-refractivity contribution in [1.82, 2.24) is 15.1 Å². The van der Waals surface area contributed by atoms with Gasteiger partial charge in [0.1, 0.15) is 0 Å². The molecule has 0 aromatic heterocycles. The van der Waals surface area contributed by atoms with Crippen LogP contribution in [-0.2, 0) is 4.74 Å². The summed E-state index contributed by atoms with van der Waals surface area (Å²) in [6, 6.07) is 10.6. The van der Waals surface area contributed by atoms with Gasteiger partial charge in [-0.25, -0.2) is 0 Å². The summed E-state index contributed by atoms with van der Waals surface area (Å²) in [4.78, 5) is 11.5. The molecule has 1 aromatic carbocycles. The number of hydrogen-bond acceptors (Lipinski definition) is 4. The lowest BCUT2D eigenvalue weighted by Crippen LogP contribution is -2.54. The average molecular weight is 459 g/mol. The fraction of sp³-hybridized carbons (Fsp3) is 0.611. The lowest BCUT2D eigenvalue weighted by atomic mass is 10.2. The minimum atomic E-state index is 0. The lowest BCUT2D eigenvalue weighted by Gasteiger charge is -2.38. The summed E-state index contributed by atoms with van der Waals surface area (Å²) in [5.74, 6) is 0.986. The Morgan fingerprint density at radius 3 is 2.52 bits per heavy atom. The third-order valence-electron chi connectivity index (χ3n) is 4.74. The highest BCUT2D eigenvalue weighted by molar-refractivity contribution is 14.0. The number of halogens is 1. The summed E-state index contributed by atoms with van der Waals surface area (Å²) in [6.07, 6.45) is 0.242. The second-order valence-electron chi connectivity index (χ2n) is 6.49. The van der Waals surface area contributed by atoms with Crippen LogP contribution in [0, 0.1) is 0 Å². The van der Waals surface area contributed by atoms with Crippen molar-refractivity contribution in [2.24, 2.45) is 4.99 Å². The van der Waals surface area contributed by atoms with Crippen LogP contribution in [0.4, 0.5) is 5.69 Å². The first kappa shape index (κ1) is 20.3. The number of ether oxygens (including phenoxy) is 1. The molecule has 25 heavy (non-hydrogen) atoms. The van der Waals surface area contributed by atoms with Gasteiger partial charge >= 0.3 is 0 Å². The number of morpholine rings is 1. The standard InChI is InChI=1S/C18H29N5O.HI/c1-19-18(20-14-17-15-21(2)12-13-24-17)23-10-8-22(9-11-23)16-6-4-3-5-7-16;/h3-7,17H,8-15H2,1-2H3,(H,19,20);1H. The van der Waals surface area contributed by atoms with Crippen molar-refractivity contribution in [2.45, 2.75) is 6.10 Å². The van der Waals surface area contributed by atoms with Crippen LogP contribution in [0.15, 0.2) is 35.3 Å². The Morgan fingerprint density at radius 2 is 1.88 bits per heavy atom. The molecule has 1 atom stereocenters. The Balaban J connectivity index is 0.00000225. The van der Waals surface area contributed by atoms with E-state index in [0.29, 0.717) is 0 Å². The Morgan fingerprint density at radius 1 is 1.16 bits per heavy atom. The minimum absolute atomic E-state index is 0. The van der Waals surface area contributed by atoms with E-state index in [2.05, 4.69) is 62.4 Å². The summed E-state index contributed by atoms with van der Waals surface area (Å²) >= 11 is 0. The first-order valence-corrected chi connectivity index (χ1v) is 8.82. The van der Waals surface area contributed by atoms with E-state index in [1.54, 1.807) is 0 Å². The zero-order valence-electron chi connectivity index (χ0n) is 15.2. The van der Waals surface area contributed by atoms with Crippen molar-refractivity contribution in [2.75, 3.05) is 71.4 Å². The Kier molecular flexibility index (Phi) is 8.25. The molecule has 1 aromatic rings. The van der Waals surface area contributed by atoms with Crippen LogP contribution in [0.1, 0.15) is 0 Å². The summed E-state index contributed by atoms with van der Waals surface area (Å²) < 4.78 is 5.82. The molecule has 1 N–H and O–H groups in total. The smallest absolute Gasteiger partial charge is 0.193 e. The van der Waals surface area contributed by atoms with E-state index in [0.717, 1.165) is 58.4 Å². The molecular formula is C18H30IN5O. The number of nitrogens with zero attached hydrogens (tertiary/aromatic N) is 4. The van der Waals surface area contributed by atoms with Crippen molar-refractivity contribution in [3.8, 4) is 0 Å². The van der Waals surface area contributed by atoms with Crippen molar-refractivity contribution < 1.29 is 4.74 Å². The monoisotopic (exact) mass is 459 g/mol. The van der Waals surface area contributed by atoms with Gasteiger partial charge in [-0.05, 0) is 19.2 Å². The Bertz CT molecular complexity index is 534. The van der Waals surface area contributed by atoms with Gasteiger partial charge in [0, 0.05) is 58.5 Å². The van der Waals surface area contributed by atoms with Gasteiger partial charge in [-0.3, -0.25) is 4.99 Å². The van der Waals surface area contributed by atoms with E-state index in [1.165, 1.54) is 5.69 Å². The second kappa shape index (κ2) is 10.2. The summed E-state index contributed by atoms with van der Waals surface area (Å²) in [5, 5.41) is 3.49. The first-order chi connectivity index (χ1) is 11.8. The molecule has 2 aliphatic heterocycles. The highest BCUT2D eigenvalue weighted by Crippen LogP contribution is 2.15. The van der Waals surface area contributed by atoms with E-state index >= 15 is 0 Å². The fourth-order valence-electron chi connectivity index (χ4n) is 3.34. The van der Waals surface area contributed by atoms with Gasteiger partial charge < -0.3 is 24.8 Å². The number of hydrogen-bond donors (Lipinski definition) is 1. The molecule has 0 saturated carbocycles. The maximum atomic E-state index is 5.82. The average Bonchev–Trinajstić information content (AvgIpc) is 2.64. The van der Waals surface area contributed by atoms with E-state index in [9.17, 15) is 0 Å². The summed E-state index contributed by atoms with van der Waals surface area (Å²) in [6.45, 7) is 7.65. The van der Waals surface area contributed by atoms with E-state index in [-0.39, 0.29) is 30.1 Å². The molecule has 6 nitrogen and oxygen atoms in total. The number of nitrogens with one attached hydrogen (secondary N) is 1. The number of aliphatic imine (C=N–C) groups is 1. The number of benzene rings is 1. The molecule has 3 rings (SSSR count). The fourth-order valence-corrected chi connectivity index (χ4v) is 3.34. The van der Waals surface area contributed by atoms with Crippen LogP contribution in [0.25, 0.3) is 0 Å². The quantitative estimate of drug-likeness (QED) is 0.420. The number of para-hydroxylation sites is 1. The third-order valence-corrected chi connectivity index (χ3v) is 4.74. The molecule has 0 aliphatic carbocycles. The van der Waals surface area contributed by atoms with Crippen LogP contribution in [0.2, 0.25) is 0 Å². The minimum Gasteiger partial charge on any atom is -0.374 e. The molecule has 2 aliphatic rings. The largest absolute Gasteiger partial charge is 0.374 e. The summed E-state index contributed by atoms with van der Waals surface area (Å²) in [5.41, 5.74) is 1.30. The second-order valence-corrected chi connectivity index (χ2v) is 6.49. The van der Waals surface area contributed by atoms with Crippen molar-refractivity contribution in [1.29, 1.82) is 0 Å². The molecule has 140 valence electrons. The molecule has 0 amide bonds. The molecule has 0 bridgehead atoms. The van der Waals surface area contributed by atoms with Gasteiger partial charge in [0.15, 0.2) is 5.96 Å². The molecule has 0 spiro atoms. The number of rotatable bonds is 3. The highest BCUT2D eigenvalue weighted by Gasteiger charge is 2.22. The van der Waals surface area contributed by atoms with Crippen LogP contribution >= 0.6 is 24.0 Å². The number of anilines is 1. The van der Waals surface area contributed by atoms with E-state index in [4.69, 9.17) is 4.74 Å².